The number of carbonyl (C=O) groups is 1. The van der Waals surface area contributed by atoms with Gasteiger partial charge in [-0.15, -0.1) is 0 Å². The van der Waals surface area contributed by atoms with E-state index in [0.29, 0.717) is 6.42 Å². The molecule has 2 heteroatoms. The van der Waals surface area contributed by atoms with Crippen LogP contribution in [-0.2, 0) is 11.8 Å². The zero-order valence-corrected chi connectivity index (χ0v) is 14.3. The Balaban J connectivity index is 2.15. The lowest BCUT2D eigenvalue weighted by Gasteiger charge is -2.19. The molecule has 0 unspecified atom stereocenters. The smallest absolute Gasteiger partial charge is 0.168 e. The van der Waals surface area contributed by atoms with E-state index in [1.165, 1.54) is 5.56 Å². The van der Waals surface area contributed by atoms with E-state index in [0.717, 1.165) is 14.7 Å². The minimum absolute atomic E-state index is 0.150. The molecule has 0 aliphatic heterocycles. The maximum absolute atomic E-state index is 12.3. The molecule has 0 radical (unpaired) electrons. The lowest BCUT2D eigenvalue weighted by atomic mass is 9.86. The number of ketones is 1. The summed E-state index contributed by atoms with van der Waals surface area (Å²) >= 11 is 2.21. The Bertz CT molecular complexity index is 606. The summed E-state index contributed by atoms with van der Waals surface area (Å²) in [6.45, 7) is 6.58. The zero-order chi connectivity index (χ0) is 14.8. The third-order valence-electron chi connectivity index (χ3n) is 3.36. The highest BCUT2D eigenvalue weighted by Gasteiger charge is 2.14. The third kappa shape index (κ3) is 3.69. The van der Waals surface area contributed by atoms with Gasteiger partial charge in [0.15, 0.2) is 5.78 Å². The second kappa shape index (κ2) is 6.08. The fourth-order valence-corrected chi connectivity index (χ4v) is 2.78. The summed E-state index contributed by atoms with van der Waals surface area (Å²) in [6.07, 6.45) is 0.463. The van der Waals surface area contributed by atoms with E-state index in [1.54, 1.807) is 0 Å². The summed E-state index contributed by atoms with van der Waals surface area (Å²) < 4.78 is 1.02. The first kappa shape index (κ1) is 15.2. The molecule has 0 spiro atoms. The molecule has 2 aromatic carbocycles. The van der Waals surface area contributed by atoms with E-state index in [2.05, 4.69) is 67.6 Å². The van der Waals surface area contributed by atoms with Crippen molar-refractivity contribution in [1.29, 1.82) is 0 Å². The number of rotatable bonds is 3. The van der Waals surface area contributed by atoms with Gasteiger partial charge in [-0.1, -0.05) is 63.2 Å². The highest BCUT2D eigenvalue weighted by Crippen LogP contribution is 2.23. The van der Waals surface area contributed by atoms with Gasteiger partial charge >= 0.3 is 0 Å². The number of hydrogen-bond acceptors (Lipinski definition) is 1. The second-order valence-electron chi connectivity index (χ2n) is 6.03. The number of Topliss-reactive ketones (excluding diaryl/α,β-unsaturated/α-hetero) is 1. The second-order valence-corrected chi connectivity index (χ2v) is 7.19. The van der Waals surface area contributed by atoms with Crippen molar-refractivity contribution in [3.63, 3.8) is 0 Å². The molecule has 0 fully saturated rings. The predicted octanol–water partition coefficient (Wildman–Crippen LogP) is 5.01. The van der Waals surface area contributed by atoms with Crippen LogP contribution in [0.3, 0.4) is 0 Å². The van der Waals surface area contributed by atoms with Gasteiger partial charge in [-0.25, -0.2) is 0 Å². The van der Waals surface area contributed by atoms with Crippen LogP contribution >= 0.6 is 22.6 Å². The SMILES string of the molecule is CC(C)(C)c1ccc(CC(=O)c2ccccc2I)cc1. The van der Waals surface area contributed by atoms with Crippen molar-refractivity contribution >= 4 is 28.4 Å². The van der Waals surface area contributed by atoms with Gasteiger partial charge < -0.3 is 0 Å². The molecule has 0 saturated carbocycles. The summed E-state index contributed by atoms with van der Waals surface area (Å²) in [4.78, 5) is 12.3. The quantitative estimate of drug-likeness (QED) is 0.542. The molecule has 0 bridgehead atoms. The van der Waals surface area contributed by atoms with E-state index in [1.807, 2.05) is 24.3 Å². The maximum atomic E-state index is 12.3. The molecule has 2 rings (SSSR count). The highest BCUT2D eigenvalue weighted by atomic mass is 127. The van der Waals surface area contributed by atoms with Crippen LogP contribution in [0.1, 0.15) is 42.3 Å². The molecule has 0 aliphatic carbocycles. The number of halogens is 1. The third-order valence-corrected chi connectivity index (χ3v) is 4.30. The van der Waals surface area contributed by atoms with Crippen LogP contribution in [0.25, 0.3) is 0 Å². The largest absolute Gasteiger partial charge is 0.294 e. The average molecular weight is 378 g/mol. The Kier molecular flexibility index (Phi) is 4.63. The Morgan fingerprint density at radius 1 is 1.00 bits per heavy atom. The Hall–Kier alpha value is -1.16. The summed E-state index contributed by atoms with van der Waals surface area (Å²) in [5, 5.41) is 0. The minimum atomic E-state index is 0.150. The first-order chi connectivity index (χ1) is 9.38. The predicted molar refractivity (Wildman–Crippen MR) is 92.3 cm³/mol. The molecular weight excluding hydrogens is 359 g/mol. The summed E-state index contributed by atoms with van der Waals surface area (Å²) in [5.41, 5.74) is 3.33. The van der Waals surface area contributed by atoms with Crippen molar-refractivity contribution in [2.24, 2.45) is 0 Å². The van der Waals surface area contributed by atoms with Crippen LogP contribution in [0.15, 0.2) is 48.5 Å². The van der Waals surface area contributed by atoms with Gasteiger partial charge in [-0.05, 0) is 45.2 Å². The molecule has 104 valence electrons. The molecule has 0 saturated heterocycles. The first-order valence-electron chi connectivity index (χ1n) is 6.75. The summed E-state index contributed by atoms with van der Waals surface area (Å²) in [5.74, 6) is 0.179. The van der Waals surface area contributed by atoms with Crippen LogP contribution in [0.5, 0.6) is 0 Å². The molecule has 0 amide bonds. The minimum Gasteiger partial charge on any atom is -0.294 e. The van der Waals surface area contributed by atoms with Crippen molar-refractivity contribution < 1.29 is 4.79 Å². The van der Waals surface area contributed by atoms with Crippen LogP contribution in [-0.4, -0.2) is 5.78 Å². The molecular formula is C18H19IO. The Morgan fingerprint density at radius 3 is 2.15 bits per heavy atom. The van der Waals surface area contributed by atoms with Gasteiger partial charge in [0.05, 0.1) is 0 Å². The van der Waals surface area contributed by atoms with Crippen LogP contribution in [0.4, 0.5) is 0 Å². The maximum Gasteiger partial charge on any atom is 0.168 e. The van der Waals surface area contributed by atoms with E-state index < -0.39 is 0 Å². The first-order valence-corrected chi connectivity index (χ1v) is 7.83. The normalized spacial score (nSPS) is 11.4. The topological polar surface area (TPSA) is 17.1 Å². The molecule has 0 aromatic heterocycles. The van der Waals surface area contributed by atoms with Crippen molar-refractivity contribution in [3.8, 4) is 0 Å². The molecule has 20 heavy (non-hydrogen) atoms. The number of hydrogen-bond donors (Lipinski definition) is 0. The fourth-order valence-electron chi connectivity index (χ4n) is 2.09. The lowest BCUT2D eigenvalue weighted by Crippen LogP contribution is -2.11. The zero-order valence-electron chi connectivity index (χ0n) is 12.1. The standard InChI is InChI=1S/C18H19IO/c1-18(2,3)14-10-8-13(9-11-14)12-17(20)15-6-4-5-7-16(15)19/h4-11H,12H2,1-3H3. The lowest BCUT2D eigenvalue weighted by molar-refractivity contribution is 0.0992. The Labute approximate surface area is 134 Å². The monoisotopic (exact) mass is 378 g/mol. The summed E-state index contributed by atoms with van der Waals surface area (Å²) in [6, 6.07) is 16.1. The summed E-state index contributed by atoms with van der Waals surface area (Å²) in [7, 11) is 0. The van der Waals surface area contributed by atoms with E-state index in [4.69, 9.17) is 0 Å². The number of benzene rings is 2. The van der Waals surface area contributed by atoms with Gasteiger partial charge in [0, 0.05) is 15.6 Å². The van der Waals surface area contributed by atoms with Crippen LogP contribution in [0, 0.1) is 3.57 Å². The highest BCUT2D eigenvalue weighted by molar-refractivity contribution is 14.1. The molecule has 2 aromatic rings. The number of carbonyl (C=O) groups excluding carboxylic acids is 1. The van der Waals surface area contributed by atoms with E-state index in [-0.39, 0.29) is 11.2 Å². The molecule has 0 aliphatic rings. The van der Waals surface area contributed by atoms with Crippen molar-refractivity contribution in [2.45, 2.75) is 32.6 Å². The van der Waals surface area contributed by atoms with Crippen LogP contribution in [0.2, 0.25) is 0 Å². The van der Waals surface area contributed by atoms with Crippen molar-refractivity contribution in [1.82, 2.24) is 0 Å². The van der Waals surface area contributed by atoms with Gasteiger partial charge in [-0.2, -0.15) is 0 Å². The van der Waals surface area contributed by atoms with Crippen LogP contribution < -0.4 is 0 Å². The average Bonchev–Trinajstić information content (AvgIpc) is 2.38. The van der Waals surface area contributed by atoms with Gasteiger partial charge in [-0.3, -0.25) is 4.79 Å². The van der Waals surface area contributed by atoms with E-state index >= 15 is 0 Å². The van der Waals surface area contributed by atoms with Gasteiger partial charge in [0.25, 0.3) is 0 Å². The van der Waals surface area contributed by atoms with Gasteiger partial charge in [0.1, 0.15) is 0 Å². The molecule has 0 heterocycles. The molecule has 1 nitrogen and oxygen atoms in total. The van der Waals surface area contributed by atoms with Gasteiger partial charge in [0.2, 0.25) is 0 Å². The molecule has 0 N–H and O–H groups in total. The molecule has 0 atom stereocenters. The van der Waals surface area contributed by atoms with E-state index in [9.17, 15) is 4.79 Å². The van der Waals surface area contributed by atoms with Crippen molar-refractivity contribution in [3.05, 3.63) is 68.8 Å². The Morgan fingerprint density at radius 2 is 1.60 bits per heavy atom. The fraction of sp³-hybridized carbons (Fsp3) is 0.278. The van der Waals surface area contributed by atoms with Crippen molar-refractivity contribution in [2.75, 3.05) is 0 Å².